The number of sulfonamides is 1. The van der Waals surface area contributed by atoms with Crippen LogP contribution in [0.3, 0.4) is 0 Å². The summed E-state index contributed by atoms with van der Waals surface area (Å²) in [6, 6.07) is 15.0. The molecule has 1 fully saturated rings. The second kappa shape index (κ2) is 10.9. The molecule has 0 spiro atoms. The van der Waals surface area contributed by atoms with Gasteiger partial charge >= 0.3 is 0 Å². The lowest BCUT2D eigenvalue weighted by molar-refractivity contribution is 0.0954. The lowest BCUT2D eigenvalue weighted by Gasteiger charge is -2.21. The minimum Gasteiger partial charge on any atom is -0.352 e. The van der Waals surface area contributed by atoms with Crippen molar-refractivity contribution >= 4 is 33.4 Å². The van der Waals surface area contributed by atoms with E-state index < -0.39 is 10.0 Å². The number of carbonyl (C=O) groups excluding carboxylic acids is 1. The van der Waals surface area contributed by atoms with Gasteiger partial charge in [-0.25, -0.2) is 8.42 Å². The maximum absolute atomic E-state index is 12.8. The molecule has 2 aromatic carbocycles. The van der Waals surface area contributed by atoms with Crippen molar-refractivity contribution in [1.82, 2.24) is 5.32 Å². The van der Waals surface area contributed by atoms with Crippen LogP contribution in [-0.2, 0) is 10.0 Å². The van der Waals surface area contributed by atoms with Gasteiger partial charge in [0.25, 0.3) is 15.9 Å². The van der Waals surface area contributed by atoms with Crippen molar-refractivity contribution < 1.29 is 13.2 Å². The predicted molar refractivity (Wildman–Crippen MR) is 125 cm³/mol. The Hall–Kier alpha value is -1.99. The number of benzene rings is 2. The highest BCUT2D eigenvalue weighted by Gasteiger charge is 2.21. The average Bonchev–Trinajstić information content (AvgIpc) is 2.79. The molecule has 0 aromatic heterocycles. The average molecular weight is 447 g/mol. The monoisotopic (exact) mass is 446 g/mol. The summed E-state index contributed by atoms with van der Waals surface area (Å²) in [5, 5.41) is 3.74. The molecule has 5 nitrogen and oxygen atoms in total. The van der Waals surface area contributed by atoms with Gasteiger partial charge in [0.05, 0.1) is 10.6 Å². The van der Waals surface area contributed by atoms with Gasteiger partial charge in [-0.05, 0) is 55.3 Å². The molecule has 0 radical (unpaired) electrons. The van der Waals surface area contributed by atoms with Crippen LogP contribution in [0.1, 0.15) is 48.9 Å². The predicted octanol–water partition coefficient (Wildman–Crippen LogP) is 4.70. The highest BCUT2D eigenvalue weighted by atomic mass is 32.2. The summed E-state index contributed by atoms with van der Waals surface area (Å²) >= 11 is 2.03. The van der Waals surface area contributed by atoms with E-state index in [1.165, 1.54) is 43.5 Å². The largest absolute Gasteiger partial charge is 0.352 e. The molecule has 0 unspecified atom stereocenters. The van der Waals surface area contributed by atoms with Gasteiger partial charge in [-0.15, -0.1) is 0 Å². The van der Waals surface area contributed by atoms with Crippen molar-refractivity contribution in [2.75, 3.05) is 23.7 Å². The molecule has 0 aliphatic heterocycles. The van der Waals surface area contributed by atoms with Crippen LogP contribution in [0.4, 0.5) is 5.69 Å². The minimum absolute atomic E-state index is 0.176. The molecule has 0 saturated heterocycles. The molecule has 2 aromatic rings. The molecular weight excluding hydrogens is 416 g/mol. The number of anilines is 1. The summed E-state index contributed by atoms with van der Waals surface area (Å²) in [5.74, 6) is 0.883. The molecule has 1 saturated carbocycles. The van der Waals surface area contributed by atoms with Crippen molar-refractivity contribution in [1.29, 1.82) is 0 Å². The van der Waals surface area contributed by atoms with Crippen LogP contribution in [-0.4, -0.2) is 38.9 Å². The van der Waals surface area contributed by atoms with Crippen molar-refractivity contribution in [2.45, 2.75) is 48.7 Å². The Labute approximate surface area is 184 Å². The zero-order chi connectivity index (χ0) is 21.4. The van der Waals surface area contributed by atoms with E-state index in [-0.39, 0.29) is 10.8 Å². The smallest absolute Gasteiger partial charge is 0.264 e. The van der Waals surface area contributed by atoms with Crippen LogP contribution >= 0.6 is 11.8 Å². The van der Waals surface area contributed by atoms with Gasteiger partial charge in [-0.1, -0.05) is 43.5 Å². The van der Waals surface area contributed by atoms with Crippen molar-refractivity contribution in [3.8, 4) is 0 Å². The van der Waals surface area contributed by atoms with Crippen molar-refractivity contribution in [3.63, 3.8) is 0 Å². The third kappa shape index (κ3) is 6.01. The Morgan fingerprint density at radius 3 is 2.53 bits per heavy atom. The third-order valence-electron chi connectivity index (χ3n) is 5.39. The number of thioether (sulfide) groups is 1. The lowest BCUT2D eigenvalue weighted by atomic mass is 10.0. The van der Waals surface area contributed by atoms with E-state index in [1.54, 1.807) is 54.6 Å². The molecule has 1 N–H and O–H groups in total. The molecule has 1 aliphatic rings. The Balaban J connectivity index is 1.53. The van der Waals surface area contributed by atoms with E-state index in [1.807, 2.05) is 11.8 Å². The van der Waals surface area contributed by atoms with Gasteiger partial charge in [-0.3, -0.25) is 9.10 Å². The van der Waals surface area contributed by atoms with Crippen molar-refractivity contribution in [2.24, 2.45) is 0 Å². The summed E-state index contributed by atoms with van der Waals surface area (Å²) < 4.78 is 26.8. The van der Waals surface area contributed by atoms with Gasteiger partial charge < -0.3 is 5.32 Å². The summed E-state index contributed by atoms with van der Waals surface area (Å²) in [6.45, 7) is 0.626. The highest BCUT2D eigenvalue weighted by Crippen LogP contribution is 2.28. The summed E-state index contributed by atoms with van der Waals surface area (Å²) in [6.07, 6.45) is 7.65. The number of hydrogen-bond donors (Lipinski definition) is 1. The summed E-state index contributed by atoms with van der Waals surface area (Å²) in [7, 11) is -2.17. The fraction of sp³-hybridized carbons (Fsp3) is 0.435. The number of amides is 1. The van der Waals surface area contributed by atoms with E-state index in [0.717, 1.165) is 17.4 Å². The SMILES string of the molecule is CN(c1cccc(C(=O)NCCCSC2CCCCC2)c1)S(=O)(=O)c1ccccc1. The molecular formula is C23H30N2O3S2. The number of rotatable bonds is 9. The standard InChI is InChI=1S/C23H30N2O3S2/c1-25(30(27,28)22-14-6-3-7-15-22)20-11-8-10-19(18-20)23(26)24-16-9-17-29-21-12-4-2-5-13-21/h3,6-8,10-11,14-15,18,21H,2,4-5,9,12-13,16-17H2,1H3,(H,24,26). The number of nitrogens with zero attached hydrogens (tertiary/aromatic N) is 1. The van der Waals surface area contributed by atoms with Crippen molar-refractivity contribution in [3.05, 3.63) is 60.2 Å². The van der Waals surface area contributed by atoms with Crippen LogP contribution in [0, 0.1) is 0 Å². The summed E-state index contributed by atoms with van der Waals surface area (Å²) in [5.41, 5.74) is 0.918. The van der Waals surface area contributed by atoms with Gasteiger partial charge in [0.15, 0.2) is 0 Å². The minimum atomic E-state index is -3.67. The first-order valence-corrected chi connectivity index (χ1v) is 13.0. The van der Waals surface area contributed by atoms with E-state index in [2.05, 4.69) is 5.32 Å². The third-order valence-corrected chi connectivity index (χ3v) is 8.65. The second-order valence-corrected chi connectivity index (χ2v) is 11.0. The first kappa shape index (κ1) is 22.7. The van der Waals surface area contributed by atoms with Crippen LogP contribution in [0.15, 0.2) is 59.5 Å². The van der Waals surface area contributed by atoms with Gasteiger partial charge in [0.2, 0.25) is 0 Å². The Kier molecular flexibility index (Phi) is 8.22. The maximum atomic E-state index is 12.8. The van der Waals surface area contributed by atoms with E-state index in [0.29, 0.717) is 17.8 Å². The van der Waals surface area contributed by atoms with Gasteiger partial charge in [0, 0.05) is 24.4 Å². The molecule has 0 atom stereocenters. The normalized spacial score (nSPS) is 15.0. The molecule has 162 valence electrons. The van der Waals surface area contributed by atoms with Gasteiger partial charge in [-0.2, -0.15) is 11.8 Å². The molecule has 30 heavy (non-hydrogen) atoms. The second-order valence-electron chi connectivity index (χ2n) is 7.58. The number of hydrogen-bond acceptors (Lipinski definition) is 4. The molecule has 0 bridgehead atoms. The molecule has 0 heterocycles. The Bertz CT molecular complexity index is 926. The maximum Gasteiger partial charge on any atom is 0.264 e. The lowest BCUT2D eigenvalue weighted by Crippen LogP contribution is -2.28. The first-order chi connectivity index (χ1) is 14.5. The first-order valence-electron chi connectivity index (χ1n) is 10.5. The number of carbonyl (C=O) groups is 1. The zero-order valence-corrected chi connectivity index (χ0v) is 19.1. The van der Waals surface area contributed by atoms with Crippen LogP contribution in [0.2, 0.25) is 0 Å². The Morgan fingerprint density at radius 1 is 1.07 bits per heavy atom. The van der Waals surface area contributed by atoms with Crippen LogP contribution in [0.25, 0.3) is 0 Å². The zero-order valence-electron chi connectivity index (χ0n) is 17.4. The topological polar surface area (TPSA) is 66.5 Å². The van der Waals surface area contributed by atoms with E-state index in [9.17, 15) is 13.2 Å². The molecule has 3 rings (SSSR count). The Morgan fingerprint density at radius 2 is 1.80 bits per heavy atom. The van der Waals surface area contributed by atoms with E-state index in [4.69, 9.17) is 0 Å². The fourth-order valence-corrected chi connectivity index (χ4v) is 6.11. The highest BCUT2D eigenvalue weighted by molar-refractivity contribution is 7.99. The molecule has 7 heteroatoms. The number of nitrogens with one attached hydrogen (secondary N) is 1. The summed E-state index contributed by atoms with van der Waals surface area (Å²) in [4.78, 5) is 12.7. The van der Waals surface area contributed by atoms with Gasteiger partial charge in [0.1, 0.15) is 0 Å². The van der Waals surface area contributed by atoms with Crippen LogP contribution in [0.5, 0.6) is 0 Å². The quantitative estimate of drug-likeness (QED) is 0.567. The fourth-order valence-electron chi connectivity index (χ4n) is 3.59. The molecule has 1 aliphatic carbocycles. The van der Waals surface area contributed by atoms with Crippen LogP contribution < -0.4 is 9.62 Å². The molecule has 1 amide bonds. The van der Waals surface area contributed by atoms with E-state index >= 15 is 0 Å².